The molecule has 1 amide bonds. The van der Waals surface area contributed by atoms with Crippen LogP contribution in [-0.2, 0) is 13.0 Å². The predicted molar refractivity (Wildman–Crippen MR) is 107 cm³/mol. The smallest absolute Gasteiger partial charge is 0.253 e. The van der Waals surface area contributed by atoms with Gasteiger partial charge in [-0.3, -0.25) is 9.69 Å². The van der Waals surface area contributed by atoms with E-state index in [0.717, 1.165) is 42.9 Å². The topological polar surface area (TPSA) is 32.8 Å². The number of carbonyl (C=O) groups is 1. The third-order valence-corrected chi connectivity index (χ3v) is 5.81. The number of nitrogens with zero attached hydrogens (tertiary/aromatic N) is 2. The minimum atomic E-state index is 0.157. The van der Waals surface area contributed by atoms with Crippen LogP contribution in [-0.4, -0.2) is 47.9 Å². The molecule has 2 saturated heterocycles. The minimum Gasteiger partial charge on any atom is -0.489 e. The number of amides is 1. The van der Waals surface area contributed by atoms with Crippen molar-refractivity contribution >= 4 is 5.91 Å². The average Bonchev–Trinajstić information content (AvgIpc) is 3.20. The van der Waals surface area contributed by atoms with E-state index >= 15 is 0 Å². The molecule has 0 aliphatic carbocycles. The van der Waals surface area contributed by atoms with Crippen LogP contribution < -0.4 is 4.74 Å². The summed E-state index contributed by atoms with van der Waals surface area (Å²) in [5, 5.41) is 0. The predicted octanol–water partition coefficient (Wildman–Crippen LogP) is 3.75. The van der Waals surface area contributed by atoms with Crippen molar-refractivity contribution in [1.29, 1.82) is 0 Å². The molecular weight excluding hydrogens is 336 g/mol. The first-order chi connectivity index (χ1) is 13.2. The third kappa shape index (κ3) is 4.16. The lowest BCUT2D eigenvalue weighted by Gasteiger charge is -2.37. The molecule has 27 heavy (non-hydrogen) atoms. The molecule has 2 aromatic rings. The zero-order valence-corrected chi connectivity index (χ0v) is 16.1. The van der Waals surface area contributed by atoms with E-state index in [1.807, 2.05) is 41.3 Å². The quantitative estimate of drug-likeness (QED) is 0.810. The maximum Gasteiger partial charge on any atom is 0.253 e. The third-order valence-electron chi connectivity index (χ3n) is 5.81. The van der Waals surface area contributed by atoms with Gasteiger partial charge in [-0.15, -0.1) is 0 Å². The zero-order chi connectivity index (χ0) is 18.6. The Balaban J connectivity index is 1.33. The maximum absolute atomic E-state index is 12.8. The summed E-state index contributed by atoms with van der Waals surface area (Å²) in [4.78, 5) is 17.4. The van der Waals surface area contributed by atoms with Crippen LogP contribution >= 0.6 is 0 Å². The van der Waals surface area contributed by atoms with Crippen LogP contribution in [0.3, 0.4) is 0 Å². The molecule has 142 valence electrons. The summed E-state index contributed by atoms with van der Waals surface area (Å²) < 4.78 is 5.85. The highest BCUT2D eigenvalue weighted by Crippen LogP contribution is 2.23. The monoisotopic (exact) mass is 364 g/mol. The van der Waals surface area contributed by atoms with Gasteiger partial charge in [0.2, 0.25) is 0 Å². The Bertz CT molecular complexity index is 770. The van der Waals surface area contributed by atoms with E-state index in [1.54, 1.807) is 0 Å². The molecule has 0 spiro atoms. The Kier molecular flexibility index (Phi) is 5.44. The molecule has 1 unspecified atom stereocenters. The molecule has 4 nitrogen and oxygen atoms in total. The van der Waals surface area contributed by atoms with Crippen molar-refractivity contribution in [3.8, 4) is 5.75 Å². The van der Waals surface area contributed by atoms with Crippen LogP contribution in [0, 0.1) is 0 Å². The van der Waals surface area contributed by atoms with Crippen LogP contribution in [0.15, 0.2) is 48.5 Å². The summed E-state index contributed by atoms with van der Waals surface area (Å²) in [6.07, 6.45) is 3.52. The molecule has 1 atom stereocenters. The fraction of sp³-hybridized carbons (Fsp3) is 0.435. The number of ether oxygens (including phenoxy) is 1. The number of rotatable bonds is 5. The summed E-state index contributed by atoms with van der Waals surface area (Å²) in [6, 6.07) is 16.7. The second-order valence-electron chi connectivity index (χ2n) is 7.57. The first-order valence-electron chi connectivity index (χ1n) is 10.1. The number of hydrogen-bond acceptors (Lipinski definition) is 3. The van der Waals surface area contributed by atoms with Gasteiger partial charge in [-0.05, 0) is 61.2 Å². The van der Waals surface area contributed by atoms with Crippen LogP contribution in [0.5, 0.6) is 5.75 Å². The molecule has 0 bridgehead atoms. The first kappa shape index (κ1) is 18.1. The Morgan fingerprint density at radius 1 is 1.00 bits per heavy atom. The Hall–Kier alpha value is -2.33. The lowest BCUT2D eigenvalue weighted by molar-refractivity contribution is 0.0571. The molecule has 2 heterocycles. The van der Waals surface area contributed by atoms with Gasteiger partial charge in [-0.2, -0.15) is 0 Å². The van der Waals surface area contributed by atoms with E-state index < -0.39 is 0 Å². The highest BCUT2D eigenvalue weighted by molar-refractivity contribution is 5.94. The van der Waals surface area contributed by atoms with Gasteiger partial charge in [-0.1, -0.05) is 31.2 Å². The van der Waals surface area contributed by atoms with Crippen LogP contribution in [0.4, 0.5) is 0 Å². The van der Waals surface area contributed by atoms with Crippen LogP contribution in [0.2, 0.25) is 0 Å². The minimum absolute atomic E-state index is 0.157. The second-order valence-corrected chi connectivity index (χ2v) is 7.57. The van der Waals surface area contributed by atoms with Crippen molar-refractivity contribution in [2.75, 3.05) is 26.2 Å². The second kappa shape index (κ2) is 8.13. The van der Waals surface area contributed by atoms with E-state index in [0.29, 0.717) is 12.6 Å². The number of hydrogen-bond donors (Lipinski definition) is 0. The van der Waals surface area contributed by atoms with Crippen molar-refractivity contribution < 1.29 is 9.53 Å². The standard InChI is InChI=1S/C23H28N2O2/c1-2-18-7-11-22(12-8-18)27-17-19-5-9-20(10-6-19)23(26)25-15-14-24-13-3-4-21(24)16-25/h5-12,21H,2-4,13-17H2,1H3. The normalized spacial score (nSPS) is 19.7. The Labute approximate surface area is 161 Å². The van der Waals surface area contributed by atoms with Gasteiger partial charge < -0.3 is 9.64 Å². The molecule has 0 saturated carbocycles. The molecule has 0 N–H and O–H groups in total. The van der Waals surface area contributed by atoms with Crippen LogP contribution in [0.1, 0.15) is 41.3 Å². The number of benzene rings is 2. The van der Waals surface area contributed by atoms with Gasteiger partial charge >= 0.3 is 0 Å². The largest absolute Gasteiger partial charge is 0.489 e. The van der Waals surface area contributed by atoms with Crippen molar-refractivity contribution in [1.82, 2.24) is 9.80 Å². The Morgan fingerprint density at radius 3 is 2.48 bits per heavy atom. The summed E-state index contributed by atoms with van der Waals surface area (Å²) in [5.74, 6) is 1.03. The fourth-order valence-electron chi connectivity index (χ4n) is 4.09. The molecule has 2 fully saturated rings. The SMILES string of the molecule is CCc1ccc(OCc2ccc(C(=O)N3CCN4CCCC4C3)cc2)cc1. The molecule has 4 rings (SSSR count). The molecule has 2 aromatic carbocycles. The lowest BCUT2D eigenvalue weighted by atomic mass is 10.1. The first-order valence-corrected chi connectivity index (χ1v) is 10.1. The summed E-state index contributed by atoms with van der Waals surface area (Å²) in [7, 11) is 0. The Morgan fingerprint density at radius 2 is 1.74 bits per heavy atom. The van der Waals surface area contributed by atoms with Gasteiger partial charge in [0.1, 0.15) is 12.4 Å². The number of carbonyl (C=O) groups excluding carboxylic acids is 1. The molecule has 2 aliphatic rings. The van der Waals surface area contributed by atoms with Crippen molar-refractivity contribution in [3.63, 3.8) is 0 Å². The van der Waals surface area contributed by atoms with Gasteiger partial charge in [0.25, 0.3) is 5.91 Å². The zero-order valence-electron chi connectivity index (χ0n) is 16.1. The average molecular weight is 364 g/mol. The molecule has 0 radical (unpaired) electrons. The summed E-state index contributed by atoms with van der Waals surface area (Å²) >= 11 is 0. The summed E-state index contributed by atoms with van der Waals surface area (Å²) in [6.45, 7) is 6.58. The van der Waals surface area contributed by atoms with Gasteiger partial charge in [0.15, 0.2) is 0 Å². The van der Waals surface area contributed by atoms with Gasteiger partial charge in [0.05, 0.1) is 0 Å². The number of piperazine rings is 1. The van der Waals surface area contributed by atoms with Crippen molar-refractivity contribution in [2.24, 2.45) is 0 Å². The molecular formula is C23H28N2O2. The van der Waals surface area contributed by atoms with E-state index in [-0.39, 0.29) is 5.91 Å². The number of fused-ring (bicyclic) bond motifs is 1. The van der Waals surface area contributed by atoms with Crippen molar-refractivity contribution in [3.05, 3.63) is 65.2 Å². The number of aryl methyl sites for hydroxylation is 1. The maximum atomic E-state index is 12.8. The molecule has 0 aromatic heterocycles. The molecule has 4 heteroatoms. The molecule has 2 aliphatic heterocycles. The summed E-state index contributed by atoms with van der Waals surface area (Å²) in [5.41, 5.74) is 3.16. The van der Waals surface area contributed by atoms with Gasteiger partial charge in [-0.25, -0.2) is 0 Å². The van der Waals surface area contributed by atoms with E-state index in [4.69, 9.17) is 4.74 Å². The van der Waals surface area contributed by atoms with Crippen LogP contribution in [0.25, 0.3) is 0 Å². The fourth-order valence-corrected chi connectivity index (χ4v) is 4.09. The van der Waals surface area contributed by atoms with E-state index in [2.05, 4.69) is 24.0 Å². The van der Waals surface area contributed by atoms with Gasteiger partial charge in [0, 0.05) is 31.2 Å². The van der Waals surface area contributed by atoms with E-state index in [9.17, 15) is 4.79 Å². The highest BCUT2D eigenvalue weighted by Gasteiger charge is 2.32. The van der Waals surface area contributed by atoms with Crippen molar-refractivity contribution in [2.45, 2.75) is 38.8 Å². The lowest BCUT2D eigenvalue weighted by Crippen LogP contribution is -2.52. The highest BCUT2D eigenvalue weighted by atomic mass is 16.5. The van der Waals surface area contributed by atoms with E-state index in [1.165, 1.54) is 24.9 Å².